The molecule has 0 amide bonds. The van der Waals surface area contributed by atoms with E-state index in [1.54, 1.807) is 23.5 Å². The molecule has 0 bridgehead atoms. The van der Waals surface area contributed by atoms with Crippen LogP contribution in [0.5, 0.6) is 0 Å². The normalized spacial score (nSPS) is 26.6. The maximum absolute atomic E-state index is 14.4. The number of anilines is 1. The molecule has 5 nitrogen and oxygen atoms in total. The van der Waals surface area contributed by atoms with Crippen LogP contribution < -0.4 is 5.32 Å². The monoisotopic (exact) mass is 452 g/mol. The number of aromatic nitrogens is 2. The highest BCUT2D eigenvalue weighted by atomic mass is 32.1. The van der Waals surface area contributed by atoms with E-state index in [1.807, 2.05) is 11.4 Å². The first-order valence-electron chi connectivity index (χ1n) is 11.8. The van der Waals surface area contributed by atoms with Crippen molar-refractivity contribution in [2.75, 3.05) is 38.2 Å². The Bertz CT molecular complexity index is 1080. The Hall–Kier alpha value is -2.09. The number of hydrogen-bond acceptors (Lipinski definition) is 6. The summed E-state index contributed by atoms with van der Waals surface area (Å²) in [4.78, 5) is 2.70. The maximum atomic E-state index is 14.4. The van der Waals surface area contributed by atoms with Gasteiger partial charge in [0.1, 0.15) is 11.5 Å². The molecule has 6 rings (SSSR count). The molecule has 2 saturated heterocycles. The number of nitrogens with one attached hydrogen (secondary N) is 1. The van der Waals surface area contributed by atoms with E-state index in [4.69, 9.17) is 4.74 Å². The molecule has 1 saturated carbocycles. The highest BCUT2D eigenvalue weighted by Gasteiger charge is 2.41. The Balaban J connectivity index is 1.13. The average Bonchev–Trinajstić information content (AvgIpc) is 3.51. The van der Waals surface area contributed by atoms with Crippen LogP contribution in [0.3, 0.4) is 0 Å². The van der Waals surface area contributed by atoms with Crippen molar-refractivity contribution in [2.45, 2.75) is 31.7 Å². The zero-order chi connectivity index (χ0) is 21.5. The van der Waals surface area contributed by atoms with Gasteiger partial charge in [0.25, 0.3) is 0 Å². The fourth-order valence-corrected chi connectivity index (χ4v) is 6.86. The predicted molar refractivity (Wildman–Crippen MR) is 126 cm³/mol. The summed E-state index contributed by atoms with van der Waals surface area (Å²) in [5.74, 6) is 2.94. The number of rotatable bonds is 5. The van der Waals surface area contributed by atoms with Crippen molar-refractivity contribution in [2.24, 2.45) is 17.8 Å². The number of fused-ring (bicyclic) bond motifs is 2. The van der Waals surface area contributed by atoms with Crippen molar-refractivity contribution in [3.63, 3.8) is 0 Å². The largest absolute Gasteiger partial charge is 0.381 e. The third kappa shape index (κ3) is 3.91. The molecule has 3 atom stereocenters. The van der Waals surface area contributed by atoms with Crippen LogP contribution in [0.2, 0.25) is 0 Å². The van der Waals surface area contributed by atoms with Crippen molar-refractivity contribution in [3.8, 4) is 11.3 Å². The fraction of sp³-hybridized carbons (Fsp3) is 0.520. The molecule has 1 aliphatic carbocycles. The third-order valence-electron chi connectivity index (χ3n) is 7.54. The van der Waals surface area contributed by atoms with Crippen molar-refractivity contribution in [1.29, 1.82) is 0 Å². The van der Waals surface area contributed by atoms with E-state index in [-0.39, 0.29) is 5.82 Å². The summed E-state index contributed by atoms with van der Waals surface area (Å²) in [6, 6.07) is 9.31. The zero-order valence-electron chi connectivity index (χ0n) is 18.2. The van der Waals surface area contributed by atoms with E-state index in [1.165, 1.54) is 51.4 Å². The number of halogens is 1. The summed E-state index contributed by atoms with van der Waals surface area (Å²) in [6.45, 7) is 5.57. The van der Waals surface area contributed by atoms with Crippen molar-refractivity contribution < 1.29 is 9.13 Å². The van der Waals surface area contributed by atoms with E-state index in [2.05, 4.69) is 26.5 Å². The number of benzene rings is 1. The van der Waals surface area contributed by atoms with Crippen molar-refractivity contribution in [3.05, 3.63) is 41.5 Å². The Labute approximate surface area is 192 Å². The number of thiophene rings is 1. The molecular weight excluding hydrogens is 423 g/mol. The van der Waals surface area contributed by atoms with Crippen LogP contribution in [-0.4, -0.2) is 54.0 Å². The quantitative estimate of drug-likeness (QED) is 0.587. The molecule has 2 aliphatic heterocycles. The van der Waals surface area contributed by atoms with Gasteiger partial charge in [-0.3, -0.25) is 0 Å². The van der Waals surface area contributed by atoms with Gasteiger partial charge in [-0.05, 0) is 67.0 Å². The van der Waals surface area contributed by atoms with Gasteiger partial charge in [0.2, 0.25) is 0 Å². The summed E-state index contributed by atoms with van der Waals surface area (Å²) >= 11 is 1.60. The lowest BCUT2D eigenvalue weighted by atomic mass is 10.00. The molecular formula is C25H29FN4OS. The highest BCUT2D eigenvalue weighted by molar-refractivity contribution is 7.17. The molecule has 0 unspecified atom stereocenters. The minimum atomic E-state index is -0.258. The molecule has 3 aromatic rings. The molecule has 7 heteroatoms. The molecule has 3 aliphatic rings. The number of nitrogens with zero attached hydrogens (tertiary/aromatic N) is 3. The summed E-state index contributed by atoms with van der Waals surface area (Å²) < 4.78 is 20.9. The SMILES string of the molecule is Fc1ccccc1-c1nnc(N[C@H]2C[C@@H]3CN(CC4CCOCC4)C[C@@H]3C2)c2ccsc12. The van der Waals surface area contributed by atoms with Gasteiger partial charge in [-0.15, -0.1) is 21.5 Å². The highest BCUT2D eigenvalue weighted by Crippen LogP contribution is 2.41. The zero-order valence-corrected chi connectivity index (χ0v) is 19.0. The fourth-order valence-electron chi connectivity index (χ4n) is 5.97. The first-order valence-corrected chi connectivity index (χ1v) is 12.7. The van der Waals surface area contributed by atoms with Crippen LogP contribution in [0.4, 0.5) is 10.2 Å². The predicted octanol–water partition coefficient (Wildman–Crippen LogP) is 5.05. The summed E-state index contributed by atoms with van der Waals surface area (Å²) in [6.07, 6.45) is 4.82. The Kier molecular flexibility index (Phi) is 5.57. The van der Waals surface area contributed by atoms with Gasteiger partial charge in [0.15, 0.2) is 5.82 Å². The van der Waals surface area contributed by atoms with E-state index >= 15 is 0 Å². The molecule has 168 valence electrons. The lowest BCUT2D eigenvalue weighted by Gasteiger charge is -2.27. The summed E-state index contributed by atoms with van der Waals surface area (Å²) in [7, 11) is 0. The standard InChI is InChI=1S/C25H29FN4OS/c26-22-4-2-1-3-20(22)23-24-21(7-10-32-24)25(29-28-23)27-19-11-17-14-30(15-18(17)12-19)13-16-5-8-31-9-6-16/h1-4,7,10,16-19H,5-6,8-9,11-15H2,(H,27,29)/t17-,18+,19+. The van der Waals surface area contributed by atoms with Gasteiger partial charge in [0.05, 0.1) is 4.70 Å². The molecule has 1 N–H and O–H groups in total. The Morgan fingerprint density at radius 3 is 2.62 bits per heavy atom. The second kappa shape index (κ2) is 8.69. The second-order valence-corrected chi connectivity index (χ2v) is 10.6. The molecule has 32 heavy (non-hydrogen) atoms. The van der Waals surface area contributed by atoms with Crippen LogP contribution >= 0.6 is 11.3 Å². The Morgan fingerprint density at radius 1 is 1.06 bits per heavy atom. The molecule has 4 heterocycles. The minimum absolute atomic E-state index is 0.258. The van der Waals surface area contributed by atoms with Crippen LogP contribution in [0.25, 0.3) is 21.3 Å². The van der Waals surface area contributed by atoms with Gasteiger partial charge in [-0.25, -0.2) is 4.39 Å². The number of likely N-dealkylation sites (tertiary alicyclic amines) is 1. The molecule has 3 fully saturated rings. The minimum Gasteiger partial charge on any atom is -0.381 e. The van der Waals surface area contributed by atoms with Gasteiger partial charge >= 0.3 is 0 Å². The van der Waals surface area contributed by atoms with Crippen LogP contribution in [0, 0.1) is 23.6 Å². The van der Waals surface area contributed by atoms with Crippen molar-refractivity contribution in [1.82, 2.24) is 15.1 Å². The number of hydrogen-bond donors (Lipinski definition) is 1. The van der Waals surface area contributed by atoms with Crippen LogP contribution in [-0.2, 0) is 4.74 Å². The Morgan fingerprint density at radius 2 is 1.84 bits per heavy atom. The maximum Gasteiger partial charge on any atom is 0.157 e. The van der Waals surface area contributed by atoms with E-state index in [0.29, 0.717) is 17.3 Å². The van der Waals surface area contributed by atoms with Gasteiger partial charge in [-0.2, -0.15) is 0 Å². The lowest BCUT2D eigenvalue weighted by molar-refractivity contribution is 0.0545. The third-order valence-corrected chi connectivity index (χ3v) is 8.46. The first kappa shape index (κ1) is 20.5. The van der Waals surface area contributed by atoms with Gasteiger partial charge in [0, 0.05) is 49.8 Å². The van der Waals surface area contributed by atoms with Gasteiger partial charge < -0.3 is 15.0 Å². The van der Waals surface area contributed by atoms with E-state index < -0.39 is 0 Å². The summed E-state index contributed by atoms with van der Waals surface area (Å²) in [5.41, 5.74) is 1.14. The van der Waals surface area contributed by atoms with Gasteiger partial charge in [-0.1, -0.05) is 12.1 Å². The molecule has 1 aromatic carbocycles. The molecule has 0 radical (unpaired) electrons. The number of ether oxygens (including phenoxy) is 1. The lowest BCUT2D eigenvalue weighted by Crippen LogP contribution is -2.32. The van der Waals surface area contributed by atoms with Crippen molar-refractivity contribution >= 4 is 27.2 Å². The van der Waals surface area contributed by atoms with Crippen LogP contribution in [0.1, 0.15) is 25.7 Å². The van der Waals surface area contributed by atoms with E-state index in [0.717, 1.165) is 46.9 Å². The second-order valence-electron chi connectivity index (χ2n) is 9.65. The summed E-state index contributed by atoms with van der Waals surface area (Å²) in [5, 5.41) is 15.7. The van der Waals surface area contributed by atoms with E-state index in [9.17, 15) is 4.39 Å². The smallest absolute Gasteiger partial charge is 0.157 e. The first-order chi connectivity index (χ1) is 15.7. The molecule has 2 aromatic heterocycles. The average molecular weight is 453 g/mol. The molecule has 0 spiro atoms. The van der Waals surface area contributed by atoms with Crippen LogP contribution in [0.15, 0.2) is 35.7 Å². The topological polar surface area (TPSA) is 50.3 Å².